The van der Waals surface area contributed by atoms with E-state index in [9.17, 15) is 18.0 Å². The van der Waals surface area contributed by atoms with Crippen molar-refractivity contribution in [2.24, 2.45) is 0 Å². The summed E-state index contributed by atoms with van der Waals surface area (Å²) in [7, 11) is 0. The molecule has 1 N–H and O–H groups in total. The Bertz CT molecular complexity index is 1030. The summed E-state index contributed by atoms with van der Waals surface area (Å²) in [5.41, 5.74) is -0.357. The Kier molecular flexibility index (Phi) is 5.67. The van der Waals surface area contributed by atoms with Crippen LogP contribution in [-0.2, 0) is 12.7 Å². The summed E-state index contributed by atoms with van der Waals surface area (Å²) in [6.07, 6.45) is -2.39. The highest BCUT2D eigenvalue weighted by Gasteiger charge is 2.36. The molecule has 0 bridgehead atoms. The van der Waals surface area contributed by atoms with E-state index in [-0.39, 0.29) is 28.1 Å². The number of amides is 1. The summed E-state index contributed by atoms with van der Waals surface area (Å²) < 4.78 is 42.2. The molecule has 0 atom stereocenters. The highest BCUT2D eigenvalue weighted by atomic mass is 79.9. The number of alkyl halides is 3. The second kappa shape index (κ2) is 7.70. The fourth-order valence-electron chi connectivity index (χ4n) is 2.59. The predicted octanol–water partition coefficient (Wildman–Crippen LogP) is 3.80. The number of rotatable bonds is 5. The van der Waals surface area contributed by atoms with Crippen LogP contribution in [-0.4, -0.2) is 36.8 Å². The zero-order valence-electron chi connectivity index (χ0n) is 14.8. The highest BCUT2D eigenvalue weighted by Crippen LogP contribution is 2.32. The smallest absolute Gasteiger partial charge is 0.351 e. The van der Waals surface area contributed by atoms with Crippen molar-refractivity contribution in [3.8, 4) is 0 Å². The lowest BCUT2D eigenvalue weighted by molar-refractivity contribution is -0.142. The molecular weight excluding hydrogens is 465 g/mol. The minimum atomic E-state index is -4.63. The lowest BCUT2D eigenvalue weighted by Gasteiger charge is -2.09. The number of fused-ring (bicyclic) bond motifs is 1. The number of halogens is 5. The van der Waals surface area contributed by atoms with Gasteiger partial charge in [-0.3, -0.25) is 9.48 Å². The van der Waals surface area contributed by atoms with Crippen LogP contribution in [0.4, 0.5) is 13.2 Å². The van der Waals surface area contributed by atoms with Gasteiger partial charge in [-0.2, -0.15) is 23.4 Å². The third-order valence-electron chi connectivity index (χ3n) is 3.90. The Morgan fingerprint density at radius 1 is 1.32 bits per heavy atom. The molecule has 0 fully saturated rings. The fraction of sp³-hybridized carbons (Fsp3) is 0.375. The van der Waals surface area contributed by atoms with E-state index in [1.165, 1.54) is 6.92 Å². The molecule has 0 aliphatic heterocycles. The van der Waals surface area contributed by atoms with Gasteiger partial charge in [0.05, 0.1) is 15.2 Å². The molecular formula is C16H15BrClF3N6O. The van der Waals surface area contributed by atoms with E-state index >= 15 is 0 Å². The summed E-state index contributed by atoms with van der Waals surface area (Å²) in [6, 6.07) is 0.880. The van der Waals surface area contributed by atoms with Crippen molar-refractivity contribution < 1.29 is 18.0 Å². The Balaban J connectivity index is 1.74. The molecule has 0 aliphatic carbocycles. The van der Waals surface area contributed by atoms with Crippen LogP contribution in [0.15, 0.2) is 16.7 Å². The van der Waals surface area contributed by atoms with Gasteiger partial charge in [-0.1, -0.05) is 11.6 Å². The average molecular weight is 480 g/mol. The first kappa shape index (κ1) is 20.6. The molecule has 3 aromatic heterocycles. The first-order valence-corrected chi connectivity index (χ1v) is 9.36. The lowest BCUT2D eigenvalue weighted by atomic mass is 10.3. The number of carbonyl (C=O) groups is 1. The van der Waals surface area contributed by atoms with Gasteiger partial charge in [0.2, 0.25) is 0 Å². The highest BCUT2D eigenvalue weighted by molar-refractivity contribution is 9.10. The molecule has 12 heteroatoms. The minimum absolute atomic E-state index is 0.0702. The van der Waals surface area contributed by atoms with Gasteiger partial charge < -0.3 is 5.32 Å². The van der Waals surface area contributed by atoms with Crippen LogP contribution in [0, 0.1) is 13.8 Å². The van der Waals surface area contributed by atoms with Crippen LogP contribution >= 0.6 is 27.5 Å². The van der Waals surface area contributed by atoms with Gasteiger partial charge in [0.25, 0.3) is 5.91 Å². The molecule has 7 nitrogen and oxygen atoms in total. The normalized spacial score (nSPS) is 12.0. The van der Waals surface area contributed by atoms with Gasteiger partial charge in [0, 0.05) is 25.0 Å². The molecule has 3 heterocycles. The van der Waals surface area contributed by atoms with E-state index in [1.54, 1.807) is 17.8 Å². The Morgan fingerprint density at radius 3 is 2.64 bits per heavy atom. The number of hydrogen-bond donors (Lipinski definition) is 1. The standard InChI is InChI=1S/C16H15BrClF3N6O/c1-8-6-11(16(19,20)21)27-14(23-8)12(17)13(25-27)15(28)22-4-3-5-26-7-10(18)9(2)24-26/h6-7H,3-5H2,1-2H3,(H,22,28). The number of carbonyl (C=O) groups excluding carboxylic acids is 1. The zero-order valence-corrected chi connectivity index (χ0v) is 17.2. The quantitative estimate of drug-likeness (QED) is 0.565. The lowest BCUT2D eigenvalue weighted by Crippen LogP contribution is -2.26. The summed E-state index contributed by atoms with van der Waals surface area (Å²) >= 11 is 9.07. The topological polar surface area (TPSA) is 77.1 Å². The molecule has 0 spiro atoms. The largest absolute Gasteiger partial charge is 0.433 e. The maximum Gasteiger partial charge on any atom is 0.433 e. The van der Waals surface area contributed by atoms with E-state index < -0.39 is 17.8 Å². The Hall–Kier alpha value is -2.14. The second-order valence-electron chi connectivity index (χ2n) is 6.11. The molecule has 3 rings (SSSR count). The molecule has 0 aliphatic rings. The van der Waals surface area contributed by atoms with Gasteiger partial charge in [-0.25, -0.2) is 9.50 Å². The molecule has 0 aromatic carbocycles. The van der Waals surface area contributed by atoms with Crippen molar-refractivity contribution in [1.82, 2.24) is 29.7 Å². The summed E-state index contributed by atoms with van der Waals surface area (Å²) in [5.74, 6) is -0.599. The number of hydrogen-bond acceptors (Lipinski definition) is 4. The average Bonchev–Trinajstić information content (AvgIpc) is 3.10. The van der Waals surface area contributed by atoms with E-state index in [4.69, 9.17) is 11.6 Å². The first-order valence-electron chi connectivity index (χ1n) is 8.18. The minimum Gasteiger partial charge on any atom is -0.351 e. The van der Waals surface area contributed by atoms with Crippen molar-refractivity contribution in [2.75, 3.05) is 6.54 Å². The van der Waals surface area contributed by atoms with Crippen LogP contribution < -0.4 is 5.32 Å². The Morgan fingerprint density at radius 2 is 2.04 bits per heavy atom. The molecule has 0 saturated carbocycles. The molecule has 0 saturated heterocycles. The van der Waals surface area contributed by atoms with Gasteiger partial charge in [0.1, 0.15) is 5.69 Å². The predicted molar refractivity (Wildman–Crippen MR) is 99.4 cm³/mol. The van der Waals surface area contributed by atoms with Crippen molar-refractivity contribution in [3.05, 3.63) is 44.5 Å². The molecule has 150 valence electrons. The van der Waals surface area contributed by atoms with E-state index in [0.29, 0.717) is 28.2 Å². The van der Waals surface area contributed by atoms with Crippen LogP contribution in [0.3, 0.4) is 0 Å². The summed E-state index contributed by atoms with van der Waals surface area (Å²) in [4.78, 5) is 16.4. The summed E-state index contributed by atoms with van der Waals surface area (Å²) in [6.45, 7) is 4.04. The van der Waals surface area contributed by atoms with Gasteiger partial charge >= 0.3 is 6.18 Å². The van der Waals surface area contributed by atoms with Crippen molar-refractivity contribution in [3.63, 3.8) is 0 Å². The van der Waals surface area contributed by atoms with Crippen molar-refractivity contribution in [2.45, 2.75) is 33.0 Å². The molecule has 0 radical (unpaired) electrons. The van der Waals surface area contributed by atoms with Crippen LogP contribution in [0.1, 0.15) is 34.0 Å². The van der Waals surface area contributed by atoms with E-state index in [0.717, 1.165) is 6.07 Å². The molecule has 1 amide bonds. The zero-order chi connectivity index (χ0) is 20.6. The number of aromatic nitrogens is 5. The Labute approximate surface area is 171 Å². The maximum atomic E-state index is 13.3. The molecule has 3 aromatic rings. The van der Waals surface area contributed by atoms with Gasteiger partial charge in [0.15, 0.2) is 11.3 Å². The van der Waals surface area contributed by atoms with Crippen molar-refractivity contribution in [1.29, 1.82) is 0 Å². The summed E-state index contributed by atoms with van der Waals surface area (Å²) in [5, 5.41) is 11.2. The number of aryl methyl sites for hydroxylation is 3. The first-order chi connectivity index (χ1) is 13.1. The van der Waals surface area contributed by atoms with Gasteiger partial charge in [-0.05, 0) is 42.3 Å². The second-order valence-corrected chi connectivity index (χ2v) is 7.31. The van der Waals surface area contributed by atoms with E-state index in [2.05, 4.69) is 36.4 Å². The monoisotopic (exact) mass is 478 g/mol. The molecule has 28 heavy (non-hydrogen) atoms. The third kappa shape index (κ3) is 4.14. The van der Waals surface area contributed by atoms with Crippen LogP contribution in [0.5, 0.6) is 0 Å². The molecule has 0 unspecified atom stereocenters. The number of nitrogens with zero attached hydrogens (tertiary/aromatic N) is 5. The maximum absolute atomic E-state index is 13.3. The van der Waals surface area contributed by atoms with Crippen LogP contribution in [0.2, 0.25) is 5.02 Å². The van der Waals surface area contributed by atoms with Crippen molar-refractivity contribution >= 4 is 39.1 Å². The third-order valence-corrected chi connectivity index (χ3v) is 5.00. The van der Waals surface area contributed by atoms with E-state index in [1.807, 2.05) is 0 Å². The fourth-order valence-corrected chi connectivity index (χ4v) is 3.26. The number of nitrogens with one attached hydrogen (secondary N) is 1. The van der Waals surface area contributed by atoms with Gasteiger partial charge in [-0.15, -0.1) is 0 Å². The van der Waals surface area contributed by atoms with Crippen LogP contribution in [0.25, 0.3) is 5.65 Å². The SMILES string of the molecule is Cc1cc(C(F)(F)F)n2nc(C(=O)NCCCn3cc(Cl)c(C)n3)c(Br)c2n1.